The van der Waals surface area contributed by atoms with Crippen molar-refractivity contribution in [2.75, 3.05) is 6.54 Å². The molecule has 106 valence electrons. The van der Waals surface area contributed by atoms with Crippen LogP contribution in [-0.4, -0.2) is 27.2 Å². The summed E-state index contributed by atoms with van der Waals surface area (Å²) in [5.74, 6) is 0. The lowest BCUT2D eigenvalue weighted by molar-refractivity contribution is 0.159. The Hall–Kier alpha value is -1.78. The van der Waals surface area contributed by atoms with Crippen molar-refractivity contribution >= 4 is 0 Å². The van der Waals surface area contributed by atoms with Gasteiger partial charge in [-0.05, 0) is 45.0 Å². The number of pyridine rings is 2. The first-order valence-electron chi connectivity index (χ1n) is 6.76. The second kappa shape index (κ2) is 6.11. The fraction of sp³-hybridized carbons (Fsp3) is 0.375. The van der Waals surface area contributed by atoms with Crippen LogP contribution >= 0.6 is 0 Å². The molecule has 0 amide bonds. The molecule has 4 heteroatoms. The normalized spacial score (nSPS) is 13.2. The van der Waals surface area contributed by atoms with E-state index in [0.717, 1.165) is 11.3 Å². The monoisotopic (exact) mass is 271 g/mol. The molecule has 0 unspecified atom stereocenters. The maximum Gasteiger partial charge on any atom is 0.108 e. The molecule has 1 atom stereocenters. The molecule has 0 saturated carbocycles. The molecule has 0 bridgehead atoms. The van der Waals surface area contributed by atoms with Gasteiger partial charge < -0.3 is 10.4 Å². The van der Waals surface area contributed by atoms with E-state index < -0.39 is 6.10 Å². The van der Waals surface area contributed by atoms with Crippen LogP contribution in [0.2, 0.25) is 0 Å². The van der Waals surface area contributed by atoms with Crippen molar-refractivity contribution in [3.8, 4) is 11.3 Å². The first kappa shape index (κ1) is 14.6. The average Bonchev–Trinajstić information content (AvgIpc) is 2.45. The molecule has 0 fully saturated rings. The quantitative estimate of drug-likeness (QED) is 0.897. The van der Waals surface area contributed by atoms with Gasteiger partial charge in [-0.3, -0.25) is 4.98 Å². The number of aliphatic hydroxyl groups is 1. The summed E-state index contributed by atoms with van der Waals surface area (Å²) in [4.78, 5) is 8.60. The van der Waals surface area contributed by atoms with E-state index in [9.17, 15) is 5.11 Å². The van der Waals surface area contributed by atoms with Gasteiger partial charge in [0.05, 0.1) is 11.4 Å². The maximum atomic E-state index is 10.2. The Bertz CT molecular complexity index is 549. The molecule has 0 aromatic carbocycles. The molecule has 2 aromatic heterocycles. The molecule has 0 spiro atoms. The molecule has 4 nitrogen and oxygen atoms in total. The van der Waals surface area contributed by atoms with Crippen molar-refractivity contribution < 1.29 is 5.11 Å². The van der Waals surface area contributed by atoms with Crippen LogP contribution in [-0.2, 0) is 0 Å². The van der Waals surface area contributed by atoms with Crippen LogP contribution in [0.1, 0.15) is 32.6 Å². The number of aliphatic hydroxyl groups excluding tert-OH is 1. The summed E-state index contributed by atoms with van der Waals surface area (Å²) < 4.78 is 0. The molecule has 0 saturated heterocycles. The maximum absolute atomic E-state index is 10.2. The van der Waals surface area contributed by atoms with Crippen molar-refractivity contribution in [1.82, 2.24) is 15.3 Å². The number of nitrogens with zero attached hydrogens (tertiary/aromatic N) is 2. The predicted octanol–water partition coefficient (Wildman–Crippen LogP) is 2.57. The van der Waals surface area contributed by atoms with Gasteiger partial charge in [-0.2, -0.15) is 0 Å². The number of aromatic nitrogens is 2. The van der Waals surface area contributed by atoms with E-state index in [4.69, 9.17) is 0 Å². The van der Waals surface area contributed by atoms with Gasteiger partial charge in [0.2, 0.25) is 0 Å². The van der Waals surface area contributed by atoms with Crippen LogP contribution in [0, 0.1) is 0 Å². The Labute approximate surface area is 119 Å². The SMILES string of the molecule is CC(C)(C)NC[C@H](O)c1cccc(-c2cccnc2)n1. The van der Waals surface area contributed by atoms with Gasteiger partial charge in [-0.1, -0.05) is 6.07 Å². The minimum absolute atomic E-state index is 0.0259. The van der Waals surface area contributed by atoms with Crippen LogP contribution in [0.5, 0.6) is 0 Å². The first-order chi connectivity index (χ1) is 9.46. The molecule has 0 aliphatic heterocycles. The third kappa shape index (κ3) is 4.11. The molecule has 20 heavy (non-hydrogen) atoms. The summed E-state index contributed by atoms with van der Waals surface area (Å²) >= 11 is 0. The highest BCUT2D eigenvalue weighted by atomic mass is 16.3. The van der Waals surface area contributed by atoms with E-state index in [1.807, 2.05) is 30.3 Å². The summed E-state index contributed by atoms with van der Waals surface area (Å²) in [7, 11) is 0. The molecule has 2 aromatic rings. The highest BCUT2D eigenvalue weighted by molar-refractivity contribution is 5.57. The van der Waals surface area contributed by atoms with E-state index in [1.54, 1.807) is 12.4 Å². The van der Waals surface area contributed by atoms with Gasteiger partial charge in [0.25, 0.3) is 0 Å². The lowest BCUT2D eigenvalue weighted by atomic mass is 10.1. The van der Waals surface area contributed by atoms with E-state index in [-0.39, 0.29) is 5.54 Å². The highest BCUT2D eigenvalue weighted by Crippen LogP contribution is 2.18. The van der Waals surface area contributed by atoms with Crippen LogP contribution in [0.15, 0.2) is 42.7 Å². The largest absolute Gasteiger partial charge is 0.385 e. The second-order valence-corrected chi connectivity index (χ2v) is 5.84. The van der Waals surface area contributed by atoms with Gasteiger partial charge in [0.15, 0.2) is 0 Å². The Kier molecular flexibility index (Phi) is 4.47. The summed E-state index contributed by atoms with van der Waals surface area (Å²) in [5.41, 5.74) is 2.42. The molecule has 0 aliphatic rings. The second-order valence-electron chi connectivity index (χ2n) is 5.84. The number of hydrogen-bond acceptors (Lipinski definition) is 4. The topological polar surface area (TPSA) is 58.0 Å². The molecule has 2 N–H and O–H groups in total. The molecule has 0 radical (unpaired) electrons. The van der Waals surface area contributed by atoms with Crippen LogP contribution in [0.25, 0.3) is 11.3 Å². The Morgan fingerprint density at radius 3 is 2.65 bits per heavy atom. The van der Waals surface area contributed by atoms with Crippen molar-refractivity contribution in [1.29, 1.82) is 0 Å². The fourth-order valence-electron chi connectivity index (χ4n) is 1.82. The van der Waals surface area contributed by atoms with Crippen molar-refractivity contribution in [2.45, 2.75) is 32.4 Å². The van der Waals surface area contributed by atoms with Gasteiger partial charge in [0, 0.05) is 30.0 Å². The van der Waals surface area contributed by atoms with E-state index >= 15 is 0 Å². The minimum atomic E-state index is -0.620. The zero-order chi connectivity index (χ0) is 14.6. The summed E-state index contributed by atoms with van der Waals surface area (Å²) in [6.45, 7) is 6.69. The van der Waals surface area contributed by atoms with Crippen molar-refractivity contribution in [3.05, 3.63) is 48.4 Å². The van der Waals surface area contributed by atoms with E-state index in [2.05, 4.69) is 36.1 Å². The Morgan fingerprint density at radius 1 is 1.20 bits per heavy atom. The fourth-order valence-corrected chi connectivity index (χ4v) is 1.82. The number of rotatable bonds is 4. The Morgan fingerprint density at radius 2 is 2.00 bits per heavy atom. The third-order valence-electron chi connectivity index (χ3n) is 2.90. The van der Waals surface area contributed by atoms with Gasteiger partial charge in [-0.25, -0.2) is 4.98 Å². The van der Waals surface area contributed by atoms with E-state index in [1.165, 1.54) is 0 Å². The van der Waals surface area contributed by atoms with Gasteiger partial charge in [0.1, 0.15) is 6.10 Å². The lowest BCUT2D eigenvalue weighted by Crippen LogP contribution is -2.38. The van der Waals surface area contributed by atoms with Crippen LogP contribution < -0.4 is 5.32 Å². The number of nitrogens with one attached hydrogen (secondary N) is 1. The van der Waals surface area contributed by atoms with Gasteiger partial charge in [-0.15, -0.1) is 0 Å². The van der Waals surface area contributed by atoms with E-state index in [0.29, 0.717) is 12.2 Å². The lowest BCUT2D eigenvalue weighted by Gasteiger charge is -2.22. The number of β-amino-alcohol motifs (C(OH)–C–C–N with tert-alkyl or cyclic N) is 1. The molecule has 2 heterocycles. The molecular formula is C16H21N3O. The predicted molar refractivity (Wildman–Crippen MR) is 80.2 cm³/mol. The third-order valence-corrected chi connectivity index (χ3v) is 2.90. The summed E-state index contributed by atoms with van der Waals surface area (Å²) in [6.07, 6.45) is 2.88. The average molecular weight is 271 g/mol. The smallest absolute Gasteiger partial charge is 0.108 e. The molecular weight excluding hydrogens is 250 g/mol. The number of hydrogen-bond donors (Lipinski definition) is 2. The Balaban J connectivity index is 2.14. The molecule has 2 rings (SSSR count). The zero-order valence-corrected chi connectivity index (χ0v) is 12.2. The van der Waals surface area contributed by atoms with Crippen molar-refractivity contribution in [3.63, 3.8) is 0 Å². The first-order valence-corrected chi connectivity index (χ1v) is 6.76. The summed E-state index contributed by atoms with van der Waals surface area (Å²) in [6, 6.07) is 9.50. The van der Waals surface area contributed by atoms with Crippen LogP contribution in [0.3, 0.4) is 0 Å². The van der Waals surface area contributed by atoms with Crippen molar-refractivity contribution in [2.24, 2.45) is 0 Å². The summed E-state index contributed by atoms with van der Waals surface area (Å²) in [5, 5.41) is 13.5. The standard InChI is InChI=1S/C16H21N3O/c1-16(2,3)18-11-15(20)14-8-4-7-13(19-14)12-6-5-9-17-10-12/h4-10,15,18,20H,11H2,1-3H3/t15-/m0/s1. The van der Waals surface area contributed by atoms with Gasteiger partial charge >= 0.3 is 0 Å². The zero-order valence-electron chi connectivity index (χ0n) is 12.2. The minimum Gasteiger partial charge on any atom is -0.385 e. The van der Waals surface area contributed by atoms with Crippen LogP contribution in [0.4, 0.5) is 0 Å². The molecule has 0 aliphatic carbocycles. The highest BCUT2D eigenvalue weighted by Gasteiger charge is 2.15.